The average Bonchev–Trinajstić information content (AvgIpc) is 3.29. The van der Waals surface area contributed by atoms with E-state index >= 15 is 0 Å². The first-order valence-corrected chi connectivity index (χ1v) is 8.76. The van der Waals surface area contributed by atoms with Crippen molar-refractivity contribution in [3.8, 4) is 0 Å². The number of fused-ring (bicyclic) bond motifs is 1. The number of ether oxygens (including phenoxy) is 1. The molecule has 2 aliphatic rings. The summed E-state index contributed by atoms with van der Waals surface area (Å²) in [7, 11) is 0. The molecule has 1 amide bonds. The quantitative estimate of drug-likeness (QED) is 0.898. The Morgan fingerprint density at radius 3 is 2.88 bits per heavy atom. The second kappa shape index (κ2) is 6.57. The van der Waals surface area contributed by atoms with Gasteiger partial charge in [-0.2, -0.15) is 5.10 Å². The third-order valence-electron chi connectivity index (χ3n) is 5.56. The van der Waals surface area contributed by atoms with Gasteiger partial charge in [0.15, 0.2) is 0 Å². The van der Waals surface area contributed by atoms with E-state index in [0.29, 0.717) is 38.3 Å². The molecule has 0 radical (unpaired) electrons. The van der Waals surface area contributed by atoms with Gasteiger partial charge in [-0.05, 0) is 24.1 Å². The summed E-state index contributed by atoms with van der Waals surface area (Å²) < 4.78 is 7.24. The lowest BCUT2D eigenvalue weighted by atomic mass is 9.74. The van der Waals surface area contributed by atoms with Gasteiger partial charge in [0.1, 0.15) is 0 Å². The van der Waals surface area contributed by atoms with Gasteiger partial charge in [-0.1, -0.05) is 18.2 Å². The lowest BCUT2D eigenvalue weighted by molar-refractivity contribution is -0.157. The predicted octanol–water partition coefficient (Wildman–Crippen LogP) is 1.49. The number of carboxylic acids is 1. The fraction of sp³-hybridized carbons (Fsp3) is 0.421. The van der Waals surface area contributed by atoms with Crippen LogP contribution in [-0.2, 0) is 16.1 Å². The Kier molecular flexibility index (Phi) is 4.24. The second-order valence-electron chi connectivity index (χ2n) is 7.03. The molecule has 0 aliphatic carbocycles. The molecule has 2 fully saturated rings. The standard InChI is InChI=1S/C19H21N3O4/c23-17(16-5-2-1-4-14(16)10-22-8-3-7-20-22)21-11-15-12-26-9-6-19(15,13-21)18(24)25/h1-5,7-8,15H,6,9-13H2,(H,24,25)/t15-,19+/m0/s1. The van der Waals surface area contributed by atoms with E-state index in [9.17, 15) is 14.7 Å². The molecule has 2 aromatic rings. The van der Waals surface area contributed by atoms with Crippen molar-refractivity contribution in [1.29, 1.82) is 0 Å². The molecule has 0 saturated carbocycles. The number of aromatic nitrogens is 2. The number of amides is 1. The minimum Gasteiger partial charge on any atom is -0.481 e. The van der Waals surface area contributed by atoms with E-state index in [2.05, 4.69) is 5.10 Å². The van der Waals surface area contributed by atoms with Gasteiger partial charge in [0.2, 0.25) is 0 Å². The van der Waals surface area contributed by atoms with Gasteiger partial charge in [0.05, 0.1) is 18.6 Å². The van der Waals surface area contributed by atoms with Gasteiger partial charge >= 0.3 is 5.97 Å². The van der Waals surface area contributed by atoms with Crippen LogP contribution < -0.4 is 0 Å². The van der Waals surface area contributed by atoms with Crippen molar-refractivity contribution in [2.45, 2.75) is 13.0 Å². The Morgan fingerprint density at radius 1 is 1.31 bits per heavy atom. The summed E-state index contributed by atoms with van der Waals surface area (Å²) in [6.45, 7) is 1.98. The van der Waals surface area contributed by atoms with Crippen molar-refractivity contribution in [2.24, 2.45) is 11.3 Å². The first-order valence-electron chi connectivity index (χ1n) is 8.76. The Morgan fingerprint density at radius 2 is 2.15 bits per heavy atom. The number of carbonyl (C=O) groups is 2. The summed E-state index contributed by atoms with van der Waals surface area (Å²) in [4.78, 5) is 26.8. The molecule has 2 saturated heterocycles. The van der Waals surface area contributed by atoms with Crippen LogP contribution in [0.15, 0.2) is 42.7 Å². The third-order valence-corrected chi connectivity index (χ3v) is 5.56. The van der Waals surface area contributed by atoms with E-state index in [1.807, 2.05) is 30.5 Å². The van der Waals surface area contributed by atoms with E-state index in [1.165, 1.54) is 0 Å². The van der Waals surface area contributed by atoms with E-state index in [0.717, 1.165) is 5.56 Å². The predicted molar refractivity (Wildman–Crippen MR) is 92.7 cm³/mol. The molecule has 4 rings (SSSR count). The highest BCUT2D eigenvalue weighted by molar-refractivity contribution is 5.96. The van der Waals surface area contributed by atoms with E-state index in [1.54, 1.807) is 21.8 Å². The Labute approximate surface area is 151 Å². The van der Waals surface area contributed by atoms with E-state index in [4.69, 9.17) is 4.74 Å². The molecule has 0 unspecified atom stereocenters. The number of carbonyl (C=O) groups excluding carboxylic acids is 1. The average molecular weight is 355 g/mol. The van der Waals surface area contributed by atoms with Gasteiger partial charge in [0.25, 0.3) is 5.91 Å². The first kappa shape index (κ1) is 16.8. The van der Waals surface area contributed by atoms with E-state index in [-0.39, 0.29) is 18.4 Å². The normalized spacial score (nSPS) is 25.1. The molecule has 0 bridgehead atoms. The van der Waals surface area contributed by atoms with Crippen LogP contribution in [0.25, 0.3) is 0 Å². The number of benzene rings is 1. The lowest BCUT2D eigenvalue weighted by Gasteiger charge is -2.33. The molecule has 7 heteroatoms. The second-order valence-corrected chi connectivity index (χ2v) is 7.03. The van der Waals surface area contributed by atoms with Crippen LogP contribution in [0.5, 0.6) is 0 Å². The number of hydrogen-bond donors (Lipinski definition) is 1. The minimum atomic E-state index is -0.884. The minimum absolute atomic E-state index is 0.122. The molecule has 2 aliphatic heterocycles. The van der Waals surface area contributed by atoms with Crippen molar-refractivity contribution >= 4 is 11.9 Å². The maximum absolute atomic E-state index is 13.2. The highest BCUT2D eigenvalue weighted by Gasteiger charge is 2.55. The summed E-state index contributed by atoms with van der Waals surface area (Å²) in [5.41, 5.74) is 0.588. The molecule has 1 aromatic carbocycles. The van der Waals surface area contributed by atoms with Crippen LogP contribution in [-0.4, -0.2) is 58.0 Å². The number of likely N-dealkylation sites (tertiary alicyclic amines) is 1. The number of aliphatic carboxylic acids is 1. The number of carboxylic acid groups (broad SMARTS) is 1. The molecule has 1 aromatic heterocycles. The monoisotopic (exact) mass is 355 g/mol. The largest absolute Gasteiger partial charge is 0.481 e. The van der Waals surface area contributed by atoms with Crippen molar-refractivity contribution < 1.29 is 19.4 Å². The zero-order valence-corrected chi connectivity index (χ0v) is 14.4. The van der Waals surface area contributed by atoms with Crippen LogP contribution in [0.1, 0.15) is 22.3 Å². The number of rotatable bonds is 4. The molecule has 1 N–H and O–H groups in total. The summed E-state index contributed by atoms with van der Waals surface area (Å²) in [5.74, 6) is -1.11. The van der Waals surface area contributed by atoms with Gasteiger partial charge in [-0.3, -0.25) is 14.3 Å². The molecular formula is C19H21N3O4. The molecule has 3 heterocycles. The van der Waals surface area contributed by atoms with Gasteiger partial charge < -0.3 is 14.7 Å². The van der Waals surface area contributed by atoms with Gasteiger partial charge in [-0.15, -0.1) is 0 Å². The van der Waals surface area contributed by atoms with Gasteiger partial charge in [-0.25, -0.2) is 0 Å². The third kappa shape index (κ3) is 2.78. The fourth-order valence-corrected chi connectivity index (χ4v) is 4.06. The maximum atomic E-state index is 13.2. The zero-order valence-electron chi connectivity index (χ0n) is 14.4. The summed E-state index contributed by atoms with van der Waals surface area (Å²) >= 11 is 0. The van der Waals surface area contributed by atoms with Crippen LogP contribution in [0.3, 0.4) is 0 Å². The highest BCUT2D eigenvalue weighted by Crippen LogP contribution is 2.43. The fourth-order valence-electron chi connectivity index (χ4n) is 4.06. The molecule has 136 valence electrons. The molecule has 26 heavy (non-hydrogen) atoms. The molecule has 0 spiro atoms. The molecule has 2 atom stereocenters. The van der Waals surface area contributed by atoms with Crippen molar-refractivity contribution in [3.05, 3.63) is 53.9 Å². The number of nitrogens with zero attached hydrogens (tertiary/aromatic N) is 3. The number of hydrogen-bond acceptors (Lipinski definition) is 4. The summed E-state index contributed by atoms with van der Waals surface area (Å²) in [6.07, 6.45) is 4.00. The van der Waals surface area contributed by atoms with Crippen molar-refractivity contribution in [2.75, 3.05) is 26.3 Å². The van der Waals surface area contributed by atoms with Crippen LogP contribution in [0, 0.1) is 11.3 Å². The summed E-state index contributed by atoms with van der Waals surface area (Å²) in [5, 5.41) is 14.0. The van der Waals surface area contributed by atoms with Crippen molar-refractivity contribution in [1.82, 2.24) is 14.7 Å². The first-order chi connectivity index (χ1) is 12.6. The molecule has 7 nitrogen and oxygen atoms in total. The van der Waals surface area contributed by atoms with Crippen LogP contribution in [0.2, 0.25) is 0 Å². The Balaban J connectivity index is 1.60. The smallest absolute Gasteiger partial charge is 0.311 e. The summed E-state index contributed by atoms with van der Waals surface area (Å²) in [6, 6.07) is 9.28. The Hall–Kier alpha value is -2.67. The van der Waals surface area contributed by atoms with Crippen LogP contribution >= 0.6 is 0 Å². The topological polar surface area (TPSA) is 84.7 Å². The Bertz CT molecular complexity index is 820. The lowest BCUT2D eigenvalue weighted by Crippen LogP contribution is -2.45. The van der Waals surface area contributed by atoms with Crippen molar-refractivity contribution in [3.63, 3.8) is 0 Å². The maximum Gasteiger partial charge on any atom is 0.311 e. The van der Waals surface area contributed by atoms with Crippen LogP contribution in [0.4, 0.5) is 0 Å². The molecular weight excluding hydrogens is 334 g/mol. The zero-order chi connectivity index (χ0) is 18.1. The van der Waals surface area contributed by atoms with Gasteiger partial charge in [0, 0.05) is 43.6 Å². The highest BCUT2D eigenvalue weighted by atomic mass is 16.5. The van der Waals surface area contributed by atoms with E-state index < -0.39 is 11.4 Å². The SMILES string of the molecule is O=C(c1ccccc1Cn1cccn1)N1C[C@H]2COCC[C@@]2(C(=O)O)C1.